The van der Waals surface area contributed by atoms with Crippen LogP contribution in [-0.2, 0) is 16.4 Å². The SMILES string of the molecule is Cc1ccc(C2CS(=O)(=O)CCN2Cc2ccncc2)o1. The van der Waals surface area contributed by atoms with Crippen molar-refractivity contribution in [3.05, 3.63) is 53.7 Å². The van der Waals surface area contributed by atoms with Crippen molar-refractivity contribution >= 4 is 9.84 Å². The van der Waals surface area contributed by atoms with Gasteiger partial charge in [0.15, 0.2) is 9.84 Å². The third kappa shape index (κ3) is 3.33. The third-order valence-corrected chi connectivity index (χ3v) is 5.39. The molecule has 5 nitrogen and oxygen atoms in total. The van der Waals surface area contributed by atoms with Gasteiger partial charge in [-0.2, -0.15) is 0 Å². The lowest BCUT2D eigenvalue weighted by atomic mass is 10.1. The van der Waals surface area contributed by atoms with Crippen LogP contribution in [0.15, 0.2) is 41.1 Å². The maximum absolute atomic E-state index is 12.0. The molecule has 1 saturated heterocycles. The van der Waals surface area contributed by atoms with Gasteiger partial charge in [0.1, 0.15) is 11.5 Å². The van der Waals surface area contributed by atoms with Gasteiger partial charge in [-0.25, -0.2) is 8.42 Å². The molecule has 2 aromatic rings. The van der Waals surface area contributed by atoms with Crippen LogP contribution in [0, 0.1) is 6.92 Å². The lowest BCUT2D eigenvalue weighted by Crippen LogP contribution is -2.42. The predicted octanol–water partition coefficient (Wildman–Crippen LogP) is 1.95. The Morgan fingerprint density at radius 2 is 2.05 bits per heavy atom. The van der Waals surface area contributed by atoms with Crippen LogP contribution in [0.4, 0.5) is 0 Å². The maximum atomic E-state index is 12.0. The van der Waals surface area contributed by atoms with Crippen LogP contribution in [0.5, 0.6) is 0 Å². The number of rotatable bonds is 3. The number of furan rings is 1. The molecule has 2 aromatic heterocycles. The number of hydrogen-bond donors (Lipinski definition) is 0. The number of pyridine rings is 1. The fourth-order valence-electron chi connectivity index (χ4n) is 2.65. The van der Waals surface area contributed by atoms with E-state index in [0.29, 0.717) is 13.1 Å². The summed E-state index contributed by atoms with van der Waals surface area (Å²) in [5.41, 5.74) is 1.12. The summed E-state index contributed by atoms with van der Waals surface area (Å²) in [7, 11) is -3.01. The molecule has 0 amide bonds. The Hall–Kier alpha value is -1.66. The van der Waals surface area contributed by atoms with Gasteiger partial charge < -0.3 is 4.42 Å². The highest BCUT2D eigenvalue weighted by Gasteiger charge is 2.34. The summed E-state index contributed by atoms with van der Waals surface area (Å²) in [6.07, 6.45) is 3.50. The van der Waals surface area contributed by atoms with Crippen molar-refractivity contribution in [1.82, 2.24) is 9.88 Å². The van der Waals surface area contributed by atoms with Crippen molar-refractivity contribution in [1.29, 1.82) is 0 Å². The second-order valence-electron chi connectivity index (χ2n) is 5.40. The highest BCUT2D eigenvalue weighted by molar-refractivity contribution is 7.91. The molecular formula is C15H18N2O3S. The quantitative estimate of drug-likeness (QED) is 0.867. The van der Waals surface area contributed by atoms with Gasteiger partial charge in [-0.15, -0.1) is 0 Å². The molecule has 0 radical (unpaired) electrons. The highest BCUT2D eigenvalue weighted by Crippen LogP contribution is 2.29. The molecule has 6 heteroatoms. The minimum absolute atomic E-state index is 0.116. The normalized spacial score (nSPS) is 22.2. The van der Waals surface area contributed by atoms with Gasteiger partial charge in [0.25, 0.3) is 0 Å². The molecule has 21 heavy (non-hydrogen) atoms. The topological polar surface area (TPSA) is 63.4 Å². The van der Waals surface area contributed by atoms with Crippen molar-refractivity contribution in [3.8, 4) is 0 Å². The predicted molar refractivity (Wildman–Crippen MR) is 79.5 cm³/mol. The Morgan fingerprint density at radius 1 is 1.29 bits per heavy atom. The first-order chi connectivity index (χ1) is 10.0. The molecule has 0 spiro atoms. The van der Waals surface area contributed by atoms with Crippen molar-refractivity contribution < 1.29 is 12.8 Å². The average molecular weight is 306 g/mol. The zero-order chi connectivity index (χ0) is 14.9. The molecule has 1 aliphatic rings. The molecule has 0 bridgehead atoms. The Morgan fingerprint density at radius 3 is 2.71 bits per heavy atom. The molecule has 3 rings (SSSR count). The van der Waals surface area contributed by atoms with Crippen molar-refractivity contribution in [3.63, 3.8) is 0 Å². The fourth-order valence-corrected chi connectivity index (χ4v) is 4.18. The second-order valence-corrected chi connectivity index (χ2v) is 7.63. The molecule has 112 valence electrons. The van der Waals surface area contributed by atoms with Gasteiger partial charge in [0.2, 0.25) is 0 Å². The zero-order valence-electron chi connectivity index (χ0n) is 11.9. The van der Waals surface area contributed by atoms with E-state index in [4.69, 9.17) is 4.42 Å². The van der Waals surface area contributed by atoms with E-state index < -0.39 is 9.84 Å². The summed E-state index contributed by atoms with van der Waals surface area (Å²) in [5.74, 6) is 1.85. The number of hydrogen-bond acceptors (Lipinski definition) is 5. The fraction of sp³-hybridized carbons (Fsp3) is 0.400. The van der Waals surface area contributed by atoms with E-state index in [1.807, 2.05) is 31.2 Å². The molecule has 1 fully saturated rings. The summed E-state index contributed by atoms with van der Waals surface area (Å²) in [6, 6.07) is 7.44. The average Bonchev–Trinajstić information content (AvgIpc) is 2.88. The van der Waals surface area contributed by atoms with E-state index in [9.17, 15) is 8.42 Å². The van der Waals surface area contributed by atoms with Crippen LogP contribution in [0.1, 0.15) is 23.1 Å². The first-order valence-corrected chi connectivity index (χ1v) is 8.75. The lowest BCUT2D eigenvalue weighted by Gasteiger charge is -2.34. The minimum Gasteiger partial charge on any atom is -0.465 e. The summed E-state index contributed by atoms with van der Waals surface area (Å²) in [5, 5.41) is 0. The van der Waals surface area contributed by atoms with Crippen molar-refractivity contribution in [2.75, 3.05) is 18.1 Å². The summed E-state index contributed by atoms with van der Waals surface area (Å²) >= 11 is 0. The van der Waals surface area contributed by atoms with Crippen molar-refractivity contribution in [2.45, 2.75) is 19.5 Å². The van der Waals surface area contributed by atoms with E-state index in [-0.39, 0.29) is 17.5 Å². The Bertz CT molecular complexity index is 710. The number of sulfone groups is 1. The lowest BCUT2D eigenvalue weighted by molar-refractivity contribution is 0.182. The van der Waals surface area contributed by atoms with Crippen LogP contribution in [0.25, 0.3) is 0 Å². The molecule has 1 unspecified atom stereocenters. The Labute approximate surface area is 124 Å². The molecule has 0 aromatic carbocycles. The van der Waals surface area contributed by atoms with Crippen LogP contribution in [0.3, 0.4) is 0 Å². The smallest absolute Gasteiger partial charge is 0.153 e. The second kappa shape index (κ2) is 5.61. The number of nitrogens with zero attached hydrogens (tertiary/aromatic N) is 2. The molecule has 0 aliphatic carbocycles. The largest absolute Gasteiger partial charge is 0.465 e. The first kappa shape index (κ1) is 14.3. The van der Waals surface area contributed by atoms with Gasteiger partial charge in [0.05, 0.1) is 17.5 Å². The van der Waals surface area contributed by atoms with E-state index in [1.165, 1.54) is 0 Å². The molecular weight excluding hydrogens is 288 g/mol. The third-order valence-electron chi connectivity index (χ3n) is 3.77. The Balaban J connectivity index is 1.86. The minimum atomic E-state index is -3.01. The first-order valence-electron chi connectivity index (χ1n) is 6.93. The Kier molecular flexibility index (Phi) is 3.82. The van der Waals surface area contributed by atoms with Gasteiger partial charge in [-0.1, -0.05) is 0 Å². The van der Waals surface area contributed by atoms with Gasteiger partial charge in [-0.3, -0.25) is 9.88 Å². The van der Waals surface area contributed by atoms with Crippen LogP contribution in [0.2, 0.25) is 0 Å². The van der Waals surface area contributed by atoms with Gasteiger partial charge >= 0.3 is 0 Å². The molecule has 1 atom stereocenters. The standard InChI is InChI=1S/C15H18N2O3S/c1-12-2-3-15(20-12)14-11-21(18,19)9-8-17(14)10-13-4-6-16-7-5-13/h2-7,14H,8-11H2,1H3. The van der Waals surface area contributed by atoms with Gasteiger partial charge in [-0.05, 0) is 36.8 Å². The van der Waals surface area contributed by atoms with E-state index in [2.05, 4.69) is 9.88 Å². The number of aromatic nitrogens is 1. The summed E-state index contributed by atoms with van der Waals surface area (Å²) in [6.45, 7) is 3.09. The van der Waals surface area contributed by atoms with Crippen LogP contribution in [-0.4, -0.2) is 36.4 Å². The molecule has 3 heterocycles. The van der Waals surface area contributed by atoms with Gasteiger partial charge in [0, 0.05) is 25.5 Å². The molecule has 1 aliphatic heterocycles. The van der Waals surface area contributed by atoms with Crippen LogP contribution < -0.4 is 0 Å². The van der Waals surface area contributed by atoms with E-state index in [0.717, 1.165) is 17.1 Å². The monoisotopic (exact) mass is 306 g/mol. The molecule has 0 N–H and O–H groups in total. The molecule has 0 saturated carbocycles. The highest BCUT2D eigenvalue weighted by atomic mass is 32.2. The van der Waals surface area contributed by atoms with E-state index >= 15 is 0 Å². The van der Waals surface area contributed by atoms with E-state index in [1.54, 1.807) is 12.4 Å². The number of aryl methyl sites for hydroxylation is 1. The van der Waals surface area contributed by atoms with Crippen LogP contribution >= 0.6 is 0 Å². The summed E-state index contributed by atoms with van der Waals surface area (Å²) in [4.78, 5) is 6.17. The maximum Gasteiger partial charge on any atom is 0.153 e. The van der Waals surface area contributed by atoms with Crippen molar-refractivity contribution in [2.24, 2.45) is 0 Å². The zero-order valence-corrected chi connectivity index (χ0v) is 12.7. The summed E-state index contributed by atoms with van der Waals surface area (Å²) < 4.78 is 29.6.